The number of imidazole rings is 1. The van der Waals surface area contributed by atoms with Crippen molar-refractivity contribution in [2.75, 3.05) is 13.1 Å². The Hall–Kier alpha value is -1.36. The van der Waals surface area contributed by atoms with E-state index in [0.29, 0.717) is 6.54 Å². The Kier molecular flexibility index (Phi) is 2.25. The molecule has 14 heavy (non-hydrogen) atoms. The van der Waals surface area contributed by atoms with E-state index in [1.165, 1.54) is 0 Å². The minimum Gasteiger partial charge on any atom is -0.348 e. The summed E-state index contributed by atoms with van der Waals surface area (Å²) in [7, 11) is 0. The van der Waals surface area contributed by atoms with Crippen molar-refractivity contribution in [3.8, 4) is 0 Å². The Morgan fingerprint density at radius 3 is 3.00 bits per heavy atom. The first-order valence-corrected chi connectivity index (χ1v) is 4.68. The third kappa shape index (κ3) is 1.63. The van der Waals surface area contributed by atoms with E-state index in [9.17, 15) is 4.79 Å². The molecule has 2 heterocycles. The van der Waals surface area contributed by atoms with Crippen LogP contribution in [0.1, 0.15) is 12.7 Å². The number of amides is 1. The summed E-state index contributed by atoms with van der Waals surface area (Å²) in [6.45, 7) is 3.95. The molecule has 0 radical (unpaired) electrons. The quantitative estimate of drug-likeness (QED) is 0.615. The fraction of sp³-hybridized carbons (Fsp3) is 0.556. The molecule has 1 amide bonds. The van der Waals surface area contributed by atoms with Crippen LogP contribution in [0.3, 0.4) is 0 Å². The third-order valence-corrected chi connectivity index (χ3v) is 2.55. The number of nitrogens with zero attached hydrogens (tertiary/aromatic N) is 1. The van der Waals surface area contributed by atoms with E-state index in [0.717, 1.165) is 18.9 Å². The van der Waals surface area contributed by atoms with Crippen molar-refractivity contribution >= 4 is 5.91 Å². The maximum atomic E-state index is 11.6. The van der Waals surface area contributed by atoms with Crippen LogP contribution in [-0.2, 0) is 11.3 Å². The van der Waals surface area contributed by atoms with Gasteiger partial charge in [0.25, 0.3) is 0 Å². The van der Waals surface area contributed by atoms with Crippen LogP contribution in [0, 0.1) is 5.41 Å². The minimum atomic E-state index is -0.230. The van der Waals surface area contributed by atoms with Gasteiger partial charge in [0.1, 0.15) is 5.82 Å². The molecule has 0 aromatic carbocycles. The molecule has 0 spiro atoms. The van der Waals surface area contributed by atoms with E-state index >= 15 is 0 Å². The normalized spacial score (nSPS) is 18.6. The highest BCUT2D eigenvalue weighted by Crippen LogP contribution is 2.20. The first-order valence-electron chi connectivity index (χ1n) is 4.68. The standard InChI is InChI=1S/C9H14N4O/c1-9(5-10-6-9)8(14)13-4-7-11-2-3-12-7/h2-3,10H,4-6H2,1H3,(H,11,12)(H,13,14). The second-order valence-corrected chi connectivity index (χ2v) is 3.88. The average molecular weight is 194 g/mol. The van der Waals surface area contributed by atoms with Gasteiger partial charge in [-0.2, -0.15) is 0 Å². The summed E-state index contributed by atoms with van der Waals surface area (Å²) in [5.41, 5.74) is -0.230. The Morgan fingerprint density at radius 2 is 2.50 bits per heavy atom. The highest BCUT2D eigenvalue weighted by atomic mass is 16.2. The molecule has 1 fully saturated rings. The molecular weight excluding hydrogens is 180 g/mol. The van der Waals surface area contributed by atoms with Crippen molar-refractivity contribution in [3.05, 3.63) is 18.2 Å². The molecule has 5 nitrogen and oxygen atoms in total. The summed E-state index contributed by atoms with van der Waals surface area (Å²) in [5, 5.41) is 5.95. The first kappa shape index (κ1) is 9.21. The topological polar surface area (TPSA) is 69.8 Å². The molecule has 1 aromatic heterocycles. The van der Waals surface area contributed by atoms with Gasteiger partial charge in [0.05, 0.1) is 12.0 Å². The van der Waals surface area contributed by atoms with Gasteiger partial charge >= 0.3 is 0 Å². The lowest BCUT2D eigenvalue weighted by Gasteiger charge is -2.37. The molecule has 0 bridgehead atoms. The fourth-order valence-electron chi connectivity index (χ4n) is 1.43. The zero-order valence-electron chi connectivity index (χ0n) is 8.13. The number of H-pyrrole nitrogens is 1. The molecule has 5 heteroatoms. The lowest BCUT2D eigenvalue weighted by atomic mass is 9.83. The molecule has 1 saturated heterocycles. The Balaban J connectivity index is 1.84. The van der Waals surface area contributed by atoms with Crippen molar-refractivity contribution in [2.24, 2.45) is 5.41 Å². The van der Waals surface area contributed by atoms with E-state index in [1.807, 2.05) is 6.92 Å². The summed E-state index contributed by atoms with van der Waals surface area (Å²) < 4.78 is 0. The van der Waals surface area contributed by atoms with Crippen molar-refractivity contribution in [3.63, 3.8) is 0 Å². The number of hydrogen-bond donors (Lipinski definition) is 3. The lowest BCUT2D eigenvalue weighted by Crippen LogP contribution is -2.59. The minimum absolute atomic E-state index is 0.0904. The molecular formula is C9H14N4O. The van der Waals surface area contributed by atoms with E-state index in [1.54, 1.807) is 12.4 Å². The van der Waals surface area contributed by atoms with Crippen LogP contribution in [0.5, 0.6) is 0 Å². The predicted molar refractivity (Wildman–Crippen MR) is 51.4 cm³/mol. The molecule has 1 aliphatic heterocycles. The van der Waals surface area contributed by atoms with Gasteiger partial charge in [-0.15, -0.1) is 0 Å². The monoisotopic (exact) mass is 194 g/mol. The number of nitrogens with one attached hydrogen (secondary N) is 3. The van der Waals surface area contributed by atoms with Gasteiger partial charge < -0.3 is 15.6 Å². The summed E-state index contributed by atoms with van der Waals surface area (Å²) >= 11 is 0. The number of rotatable bonds is 3. The maximum absolute atomic E-state index is 11.6. The fourth-order valence-corrected chi connectivity index (χ4v) is 1.43. The second kappa shape index (κ2) is 3.42. The Labute approximate surface area is 82.3 Å². The van der Waals surface area contributed by atoms with Crippen LogP contribution >= 0.6 is 0 Å². The summed E-state index contributed by atoms with van der Waals surface area (Å²) in [5.74, 6) is 0.877. The van der Waals surface area contributed by atoms with E-state index < -0.39 is 0 Å². The van der Waals surface area contributed by atoms with Gasteiger partial charge in [0, 0.05) is 25.5 Å². The maximum Gasteiger partial charge on any atom is 0.228 e. The SMILES string of the molecule is CC1(C(=O)NCc2ncc[nH]2)CNC1. The molecule has 3 N–H and O–H groups in total. The highest BCUT2D eigenvalue weighted by Gasteiger charge is 2.38. The number of aromatic amines is 1. The van der Waals surface area contributed by atoms with Gasteiger partial charge in [-0.3, -0.25) is 4.79 Å². The number of carbonyl (C=O) groups is 1. The molecule has 76 valence electrons. The average Bonchev–Trinajstić information content (AvgIpc) is 2.62. The number of aromatic nitrogens is 2. The van der Waals surface area contributed by atoms with Crippen LogP contribution in [0.2, 0.25) is 0 Å². The van der Waals surface area contributed by atoms with Crippen LogP contribution in [0.25, 0.3) is 0 Å². The Morgan fingerprint density at radius 1 is 1.71 bits per heavy atom. The van der Waals surface area contributed by atoms with Gasteiger partial charge in [-0.05, 0) is 6.92 Å². The molecule has 1 aromatic rings. The molecule has 2 rings (SSSR count). The molecule has 0 atom stereocenters. The van der Waals surface area contributed by atoms with Gasteiger partial charge in [0.15, 0.2) is 0 Å². The zero-order valence-corrected chi connectivity index (χ0v) is 8.13. The van der Waals surface area contributed by atoms with Crippen molar-refractivity contribution in [1.29, 1.82) is 0 Å². The van der Waals surface area contributed by atoms with Crippen LogP contribution < -0.4 is 10.6 Å². The van der Waals surface area contributed by atoms with Gasteiger partial charge in [-0.25, -0.2) is 4.98 Å². The van der Waals surface area contributed by atoms with Crippen LogP contribution in [0.4, 0.5) is 0 Å². The zero-order chi connectivity index (χ0) is 10.0. The third-order valence-electron chi connectivity index (χ3n) is 2.55. The van der Waals surface area contributed by atoms with Crippen LogP contribution in [0.15, 0.2) is 12.4 Å². The summed E-state index contributed by atoms with van der Waals surface area (Å²) in [6, 6.07) is 0. The largest absolute Gasteiger partial charge is 0.348 e. The second-order valence-electron chi connectivity index (χ2n) is 3.88. The van der Waals surface area contributed by atoms with Crippen LogP contribution in [-0.4, -0.2) is 29.0 Å². The predicted octanol–water partition coefficient (Wildman–Crippen LogP) is -0.365. The summed E-state index contributed by atoms with van der Waals surface area (Å²) in [6.07, 6.45) is 3.42. The smallest absolute Gasteiger partial charge is 0.228 e. The Bertz CT molecular complexity index is 316. The van der Waals surface area contributed by atoms with E-state index in [-0.39, 0.29) is 11.3 Å². The van der Waals surface area contributed by atoms with Gasteiger partial charge in [-0.1, -0.05) is 0 Å². The molecule has 0 unspecified atom stereocenters. The number of carbonyl (C=O) groups excluding carboxylic acids is 1. The molecule has 1 aliphatic rings. The first-order chi connectivity index (χ1) is 6.71. The number of hydrogen-bond acceptors (Lipinski definition) is 3. The van der Waals surface area contributed by atoms with E-state index in [2.05, 4.69) is 20.6 Å². The molecule has 0 aliphatic carbocycles. The van der Waals surface area contributed by atoms with Crippen molar-refractivity contribution in [2.45, 2.75) is 13.5 Å². The molecule has 0 saturated carbocycles. The van der Waals surface area contributed by atoms with Gasteiger partial charge in [0.2, 0.25) is 5.91 Å². The summed E-state index contributed by atoms with van der Waals surface area (Å²) in [4.78, 5) is 18.6. The lowest BCUT2D eigenvalue weighted by molar-refractivity contribution is -0.132. The highest BCUT2D eigenvalue weighted by molar-refractivity contribution is 5.83. The van der Waals surface area contributed by atoms with Crippen molar-refractivity contribution < 1.29 is 4.79 Å². The van der Waals surface area contributed by atoms with Crippen molar-refractivity contribution in [1.82, 2.24) is 20.6 Å². The van der Waals surface area contributed by atoms with E-state index in [4.69, 9.17) is 0 Å².